The third-order valence-electron chi connectivity index (χ3n) is 2.34. The molecule has 0 fully saturated rings. The normalized spacial score (nSPS) is 10.1. The van der Waals surface area contributed by atoms with Crippen molar-refractivity contribution < 1.29 is 9.53 Å². The summed E-state index contributed by atoms with van der Waals surface area (Å²) in [4.78, 5) is 11.9. The van der Waals surface area contributed by atoms with Crippen LogP contribution in [0.5, 0.6) is 5.75 Å². The van der Waals surface area contributed by atoms with Gasteiger partial charge in [-0.25, -0.2) is 0 Å². The van der Waals surface area contributed by atoms with E-state index in [1.807, 2.05) is 36.4 Å². The highest BCUT2D eigenvalue weighted by atomic mass is 79.9. The maximum atomic E-state index is 11.9. The Labute approximate surface area is 122 Å². The van der Waals surface area contributed by atoms with E-state index in [1.165, 1.54) is 0 Å². The Morgan fingerprint density at radius 1 is 1.06 bits per heavy atom. The number of hydrogen-bond donors (Lipinski definition) is 0. The summed E-state index contributed by atoms with van der Waals surface area (Å²) in [7, 11) is 0. The lowest BCUT2D eigenvalue weighted by Crippen LogP contribution is -2.11. The molecule has 0 aromatic heterocycles. The molecule has 0 bridgehead atoms. The average Bonchev–Trinajstić information content (AvgIpc) is 2.37. The molecule has 92 valence electrons. The molecule has 0 atom stereocenters. The van der Waals surface area contributed by atoms with Gasteiger partial charge in [0.25, 0.3) is 0 Å². The zero-order chi connectivity index (χ0) is 13.0. The molecule has 2 aromatic rings. The van der Waals surface area contributed by atoms with Crippen LogP contribution in [-0.2, 0) is 0 Å². The fraction of sp³-hybridized carbons (Fsp3) is 0.0714. The van der Waals surface area contributed by atoms with Crippen molar-refractivity contribution in [3.05, 3.63) is 63.0 Å². The van der Waals surface area contributed by atoms with Gasteiger partial charge in [-0.3, -0.25) is 4.79 Å². The third-order valence-corrected chi connectivity index (χ3v) is 3.49. The van der Waals surface area contributed by atoms with Crippen LogP contribution < -0.4 is 4.74 Å². The Kier molecular flexibility index (Phi) is 4.55. The van der Waals surface area contributed by atoms with Crippen molar-refractivity contribution in [1.29, 1.82) is 0 Å². The maximum absolute atomic E-state index is 11.9. The highest BCUT2D eigenvalue weighted by Gasteiger charge is 2.08. The Bertz CT molecular complexity index is 567. The standard InChI is InChI=1S/C14H10Br2O2/c15-11-5-3-4-10(8-11)13(17)9-18-14-7-2-1-6-12(14)16/h1-8H,9H2. The molecule has 0 aliphatic rings. The van der Waals surface area contributed by atoms with Gasteiger partial charge in [-0.05, 0) is 40.2 Å². The number of hydrogen-bond acceptors (Lipinski definition) is 2. The summed E-state index contributed by atoms with van der Waals surface area (Å²) in [5.41, 5.74) is 0.636. The van der Waals surface area contributed by atoms with Crippen LogP contribution in [0.25, 0.3) is 0 Å². The van der Waals surface area contributed by atoms with Crippen molar-refractivity contribution in [3.63, 3.8) is 0 Å². The van der Waals surface area contributed by atoms with Gasteiger partial charge in [0.1, 0.15) is 5.75 Å². The second kappa shape index (κ2) is 6.16. The zero-order valence-corrected chi connectivity index (χ0v) is 12.6. The van der Waals surface area contributed by atoms with Gasteiger partial charge in [-0.1, -0.05) is 40.2 Å². The lowest BCUT2D eigenvalue weighted by molar-refractivity contribution is 0.0921. The number of Topliss-reactive ketones (excluding diaryl/α,β-unsaturated/α-hetero) is 1. The molecule has 0 radical (unpaired) electrons. The Balaban J connectivity index is 2.03. The van der Waals surface area contributed by atoms with Crippen molar-refractivity contribution in [2.24, 2.45) is 0 Å². The Hall–Kier alpha value is -1.13. The quantitative estimate of drug-likeness (QED) is 0.743. The van der Waals surface area contributed by atoms with Crippen LogP contribution in [-0.4, -0.2) is 12.4 Å². The molecule has 0 N–H and O–H groups in total. The second-order valence-corrected chi connectivity index (χ2v) is 5.42. The highest BCUT2D eigenvalue weighted by Crippen LogP contribution is 2.24. The van der Waals surface area contributed by atoms with E-state index in [0.29, 0.717) is 11.3 Å². The minimum atomic E-state index is -0.0490. The van der Waals surface area contributed by atoms with Gasteiger partial charge >= 0.3 is 0 Å². The number of carbonyl (C=O) groups is 1. The summed E-state index contributed by atoms with van der Waals surface area (Å²) < 4.78 is 7.20. The number of carbonyl (C=O) groups excluding carboxylic acids is 1. The van der Waals surface area contributed by atoms with E-state index < -0.39 is 0 Å². The van der Waals surface area contributed by atoms with Crippen molar-refractivity contribution in [3.8, 4) is 5.75 Å². The van der Waals surface area contributed by atoms with Gasteiger partial charge in [-0.15, -0.1) is 0 Å². The van der Waals surface area contributed by atoms with E-state index in [-0.39, 0.29) is 12.4 Å². The molecule has 0 spiro atoms. The number of ether oxygens (including phenoxy) is 1. The molecule has 0 unspecified atom stereocenters. The number of para-hydroxylation sites is 1. The molecule has 2 aromatic carbocycles. The third kappa shape index (κ3) is 3.43. The molecule has 0 amide bonds. The van der Waals surface area contributed by atoms with E-state index in [2.05, 4.69) is 31.9 Å². The van der Waals surface area contributed by atoms with Crippen molar-refractivity contribution >= 4 is 37.6 Å². The van der Waals surface area contributed by atoms with Crippen LogP contribution in [0.15, 0.2) is 57.5 Å². The predicted octanol–water partition coefficient (Wildman–Crippen LogP) is 4.47. The molecular weight excluding hydrogens is 360 g/mol. The first kappa shape index (κ1) is 13.3. The lowest BCUT2D eigenvalue weighted by Gasteiger charge is -2.07. The minimum Gasteiger partial charge on any atom is -0.484 e. The van der Waals surface area contributed by atoms with Crippen LogP contribution >= 0.6 is 31.9 Å². The molecule has 2 rings (SSSR count). The molecular formula is C14H10Br2O2. The van der Waals surface area contributed by atoms with E-state index in [1.54, 1.807) is 12.1 Å². The first-order valence-corrected chi connectivity index (χ1v) is 6.91. The van der Waals surface area contributed by atoms with Crippen LogP contribution in [0.2, 0.25) is 0 Å². The summed E-state index contributed by atoms with van der Waals surface area (Å²) in [6.45, 7) is 0.0269. The SMILES string of the molecule is O=C(COc1ccccc1Br)c1cccc(Br)c1. The largest absolute Gasteiger partial charge is 0.484 e. The average molecular weight is 370 g/mol. The van der Waals surface area contributed by atoms with Gasteiger partial charge < -0.3 is 4.74 Å². The van der Waals surface area contributed by atoms with Crippen molar-refractivity contribution in [1.82, 2.24) is 0 Å². The highest BCUT2D eigenvalue weighted by molar-refractivity contribution is 9.10. The first-order chi connectivity index (χ1) is 8.66. The van der Waals surface area contributed by atoms with Crippen molar-refractivity contribution in [2.45, 2.75) is 0 Å². The molecule has 0 aliphatic heterocycles. The van der Waals surface area contributed by atoms with Crippen LogP contribution in [0.1, 0.15) is 10.4 Å². The van der Waals surface area contributed by atoms with Crippen LogP contribution in [0.4, 0.5) is 0 Å². The Morgan fingerprint density at radius 2 is 1.83 bits per heavy atom. The fourth-order valence-corrected chi connectivity index (χ4v) is 2.25. The minimum absolute atomic E-state index is 0.0269. The Morgan fingerprint density at radius 3 is 2.56 bits per heavy atom. The number of ketones is 1. The second-order valence-electron chi connectivity index (χ2n) is 3.65. The summed E-state index contributed by atoms with van der Waals surface area (Å²) >= 11 is 6.71. The van der Waals surface area contributed by atoms with E-state index in [4.69, 9.17) is 4.74 Å². The molecule has 2 nitrogen and oxygen atoms in total. The van der Waals surface area contributed by atoms with Gasteiger partial charge in [0.05, 0.1) is 4.47 Å². The zero-order valence-electron chi connectivity index (χ0n) is 9.40. The van der Waals surface area contributed by atoms with Crippen LogP contribution in [0, 0.1) is 0 Å². The molecule has 18 heavy (non-hydrogen) atoms. The van der Waals surface area contributed by atoms with E-state index in [9.17, 15) is 4.79 Å². The van der Waals surface area contributed by atoms with Gasteiger partial charge in [0.15, 0.2) is 12.4 Å². The summed E-state index contributed by atoms with van der Waals surface area (Å²) in [5, 5.41) is 0. The van der Waals surface area contributed by atoms with Gasteiger partial charge in [-0.2, -0.15) is 0 Å². The number of halogens is 2. The topological polar surface area (TPSA) is 26.3 Å². The lowest BCUT2D eigenvalue weighted by atomic mass is 10.1. The monoisotopic (exact) mass is 368 g/mol. The predicted molar refractivity (Wildman–Crippen MR) is 78.1 cm³/mol. The summed E-state index contributed by atoms with van der Waals surface area (Å²) in [6, 6.07) is 14.7. The molecule has 0 aliphatic carbocycles. The van der Waals surface area contributed by atoms with Gasteiger partial charge in [0, 0.05) is 10.0 Å². The molecule has 4 heteroatoms. The summed E-state index contributed by atoms with van der Waals surface area (Å²) in [6.07, 6.45) is 0. The fourth-order valence-electron chi connectivity index (χ4n) is 1.45. The molecule has 0 saturated carbocycles. The van der Waals surface area contributed by atoms with Crippen molar-refractivity contribution in [2.75, 3.05) is 6.61 Å². The maximum Gasteiger partial charge on any atom is 0.200 e. The molecule has 0 heterocycles. The van der Waals surface area contributed by atoms with Gasteiger partial charge in [0.2, 0.25) is 0 Å². The number of benzene rings is 2. The van der Waals surface area contributed by atoms with E-state index in [0.717, 1.165) is 8.95 Å². The smallest absolute Gasteiger partial charge is 0.200 e. The summed E-state index contributed by atoms with van der Waals surface area (Å²) in [5.74, 6) is 0.618. The van der Waals surface area contributed by atoms with E-state index >= 15 is 0 Å². The number of rotatable bonds is 4. The first-order valence-electron chi connectivity index (χ1n) is 5.33. The van der Waals surface area contributed by atoms with Crippen LogP contribution in [0.3, 0.4) is 0 Å². The molecule has 0 saturated heterocycles.